The second kappa shape index (κ2) is 11.2. The highest BCUT2D eigenvalue weighted by Crippen LogP contribution is 2.18. The maximum Gasteiger partial charge on any atom is 0.121 e. The number of anilines is 2. The first kappa shape index (κ1) is 19.0. The molecule has 4 nitrogen and oxygen atoms in total. The summed E-state index contributed by atoms with van der Waals surface area (Å²) in [5.41, 5.74) is 2.18. The largest absolute Gasteiger partial charge is 0.497 e. The maximum atomic E-state index is 5.82. The molecule has 0 radical (unpaired) electrons. The summed E-state index contributed by atoms with van der Waals surface area (Å²) in [5.74, 6) is 1.81. The third-order valence-electron chi connectivity index (χ3n) is 3.97. The Labute approximate surface area is 151 Å². The lowest BCUT2D eigenvalue weighted by Crippen LogP contribution is -2.13. The maximum absolute atomic E-state index is 5.82. The fourth-order valence-electron chi connectivity index (χ4n) is 2.54. The average Bonchev–Trinajstić information content (AvgIpc) is 2.66. The van der Waals surface area contributed by atoms with E-state index in [1.807, 2.05) is 36.4 Å². The molecular formula is C21H30N2O2. The monoisotopic (exact) mass is 342 g/mol. The van der Waals surface area contributed by atoms with Crippen LogP contribution in [0.25, 0.3) is 0 Å². The van der Waals surface area contributed by atoms with E-state index in [2.05, 4.69) is 29.7 Å². The van der Waals surface area contributed by atoms with Gasteiger partial charge in [-0.3, -0.25) is 0 Å². The normalized spacial score (nSPS) is 10.3. The zero-order valence-electron chi connectivity index (χ0n) is 15.4. The minimum atomic E-state index is 0.794. The first-order valence-corrected chi connectivity index (χ1v) is 9.16. The molecule has 2 aromatic rings. The Morgan fingerprint density at radius 1 is 0.800 bits per heavy atom. The Kier molecular flexibility index (Phi) is 8.53. The summed E-state index contributed by atoms with van der Waals surface area (Å²) < 4.78 is 11.0. The lowest BCUT2D eigenvalue weighted by molar-refractivity contribution is 0.305. The molecule has 0 fully saturated rings. The minimum absolute atomic E-state index is 0.794. The number of unbranched alkanes of at least 4 members (excludes halogenated alkanes) is 3. The van der Waals surface area contributed by atoms with Crippen LogP contribution in [0.5, 0.6) is 11.5 Å². The summed E-state index contributed by atoms with van der Waals surface area (Å²) in [7, 11) is 1.68. The molecule has 25 heavy (non-hydrogen) atoms. The number of methoxy groups -OCH3 is 1. The highest BCUT2D eigenvalue weighted by atomic mass is 16.5. The molecular weight excluding hydrogens is 312 g/mol. The Morgan fingerprint density at radius 3 is 2.28 bits per heavy atom. The number of rotatable bonds is 12. The molecule has 0 saturated carbocycles. The van der Waals surface area contributed by atoms with Crippen molar-refractivity contribution < 1.29 is 9.47 Å². The van der Waals surface area contributed by atoms with Crippen molar-refractivity contribution in [3.63, 3.8) is 0 Å². The smallest absolute Gasteiger partial charge is 0.121 e. The summed E-state index contributed by atoms with van der Waals surface area (Å²) in [5, 5.41) is 6.81. The quantitative estimate of drug-likeness (QED) is 0.522. The van der Waals surface area contributed by atoms with Crippen LogP contribution in [0.2, 0.25) is 0 Å². The second-order valence-corrected chi connectivity index (χ2v) is 6.02. The standard InChI is InChI=1S/C21H30N2O2/c1-3-4-5-6-16-25-21-9-7-8-19(17-21)23-15-14-22-18-10-12-20(24-2)13-11-18/h7-13,17,22-23H,3-6,14-16H2,1-2H3. The Balaban J connectivity index is 1.67. The minimum Gasteiger partial charge on any atom is -0.497 e. The first-order valence-electron chi connectivity index (χ1n) is 9.16. The molecule has 2 rings (SSSR count). The van der Waals surface area contributed by atoms with E-state index in [0.717, 1.165) is 49.0 Å². The summed E-state index contributed by atoms with van der Waals surface area (Å²) in [6.45, 7) is 4.70. The fourth-order valence-corrected chi connectivity index (χ4v) is 2.54. The second-order valence-electron chi connectivity index (χ2n) is 6.02. The van der Waals surface area contributed by atoms with Crippen LogP contribution in [0.15, 0.2) is 48.5 Å². The zero-order chi connectivity index (χ0) is 17.7. The van der Waals surface area contributed by atoms with E-state index in [1.54, 1.807) is 7.11 Å². The molecule has 0 unspecified atom stereocenters. The lowest BCUT2D eigenvalue weighted by Gasteiger charge is -2.11. The number of ether oxygens (including phenoxy) is 2. The van der Waals surface area contributed by atoms with Crippen LogP contribution in [-0.2, 0) is 0 Å². The highest BCUT2D eigenvalue weighted by molar-refractivity contribution is 5.49. The Hall–Kier alpha value is -2.36. The van der Waals surface area contributed by atoms with Gasteiger partial charge in [0.05, 0.1) is 13.7 Å². The summed E-state index contributed by atoms with van der Waals surface area (Å²) in [6, 6.07) is 16.1. The SMILES string of the molecule is CCCCCCOc1cccc(NCCNc2ccc(OC)cc2)c1. The summed E-state index contributed by atoms with van der Waals surface area (Å²) in [4.78, 5) is 0. The van der Waals surface area contributed by atoms with Gasteiger partial charge in [-0.2, -0.15) is 0 Å². The highest BCUT2D eigenvalue weighted by Gasteiger charge is 1.98. The fraction of sp³-hybridized carbons (Fsp3) is 0.429. The Morgan fingerprint density at radius 2 is 1.56 bits per heavy atom. The summed E-state index contributed by atoms with van der Waals surface area (Å²) in [6.07, 6.45) is 4.90. The third kappa shape index (κ3) is 7.38. The van der Waals surface area contributed by atoms with Crippen LogP contribution in [0, 0.1) is 0 Å². The van der Waals surface area contributed by atoms with Gasteiger partial charge in [0.1, 0.15) is 11.5 Å². The zero-order valence-corrected chi connectivity index (χ0v) is 15.4. The van der Waals surface area contributed by atoms with E-state index in [0.29, 0.717) is 0 Å². The number of hydrogen-bond donors (Lipinski definition) is 2. The van der Waals surface area contributed by atoms with E-state index in [-0.39, 0.29) is 0 Å². The van der Waals surface area contributed by atoms with Gasteiger partial charge in [0, 0.05) is 30.5 Å². The van der Waals surface area contributed by atoms with E-state index in [1.165, 1.54) is 19.3 Å². The van der Waals surface area contributed by atoms with Crippen molar-refractivity contribution in [2.24, 2.45) is 0 Å². The van der Waals surface area contributed by atoms with E-state index in [9.17, 15) is 0 Å². The van der Waals surface area contributed by atoms with Gasteiger partial charge in [-0.15, -0.1) is 0 Å². The van der Waals surface area contributed by atoms with Crippen molar-refractivity contribution in [1.82, 2.24) is 0 Å². The molecule has 0 saturated heterocycles. The lowest BCUT2D eigenvalue weighted by atomic mass is 10.2. The number of hydrogen-bond acceptors (Lipinski definition) is 4. The van der Waals surface area contributed by atoms with Crippen molar-refractivity contribution in [2.45, 2.75) is 32.6 Å². The molecule has 0 aliphatic carbocycles. The predicted molar refractivity (Wildman–Crippen MR) is 106 cm³/mol. The van der Waals surface area contributed by atoms with Crippen molar-refractivity contribution >= 4 is 11.4 Å². The first-order chi connectivity index (χ1) is 12.3. The Bertz CT molecular complexity index is 599. The molecule has 0 aromatic heterocycles. The molecule has 2 N–H and O–H groups in total. The van der Waals surface area contributed by atoms with Gasteiger partial charge in [-0.25, -0.2) is 0 Å². The molecule has 0 aliphatic heterocycles. The van der Waals surface area contributed by atoms with E-state index >= 15 is 0 Å². The van der Waals surface area contributed by atoms with Gasteiger partial charge in [0.2, 0.25) is 0 Å². The van der Waals surface area contributed by atoms with Gasteiger partial charge in [0.15, 0.2) is 0 Å². The molecule has 0 spiro atoms. The van der Waals surface area contributed by atoms with Crippen molar-refractivity contribution in [3.05, 3.63) is 48.5 Å². The van der Waals surface area contributed by atoms with Crippen molar-refractivity contribution in [2.75, 3.05) is 37.4 Å². The van der Waals surface area contributed by atoms with Gasteiger partial charge in [0.25, 0.3) is 0 Å². The van der Waals surface area contributed by atoms with Gasteiger partial charge in [-0.1, -0.05) is 32.3 Å². The number of benzene rings is 2. The van der Waals surface area contributed by atoms with E-state index in [4.69, 9.17) is 9.47 Å². The van der Waals surface area contributed by atoms with E-state index < -0.39 is 0 Å². The molecule has 0 bridgehead atoms. The predicted octanol–water partition coefficient (Wildman–Crippen LogP) is 5.18. The summed E-state index contributed by atoms with van der Waals surface area (Å²) >= 11 is 0. The third-order valence-corrected chi connectivity index (χ3v) is 3.97. The van der Waals surface area contributed by atoms with Crippen LogP contribution >= 0.6 is 0 Å². The van der Waals surface area contributed by atoms with Crippen LogP contribution < -0.4 is 20.1 Å². The van der Waals surface area contributed by atoms with Crippen molar-refractivity contribution in [1.29, 1.82) is 0 Å². The topological polar surface area (TPSA) is 42.5 Å². The molecule has 0 atom stereocenters. The van der Waals surface area contributed by atoms with Crippen LogP contribution in [0.4, 0.5) is 11.4 Å². The molecule has 0 aliphatic rings. The van der Waals surface area contributed by atoms with Crippen LogP contribution in [0.1, 0.15) is 32.6 Å². The van der Waals surface area contributed by atoms with Crippen molar-refractivity contribution in [3.8, 4) is 11.5 Å². The van der Waals surface area contributed by atoms with Gasteiger partial charge < -0.3 is 20.1 Å². The van der Waals surface area contributed by atoms with Crippen LogP contribution in [0.3, 0.4) is 0 Å². The molecule has 0 amide bonds. The van der Waals surface area contributed by atoms with Gasteiger partial charge >= 0.3 is 0 Å². The number of nitrogens with one attached hydrogen (secondary N) is 2. The molecule has 4 heteroatoms. The molecule has 2 aromatic carbocycles. The molecule has 0 heterocycles. The van der Waals surface area contributed by atoms with Gasteiger partial charge in [-0.05, 0) is 42.8 Å². The van der Waals surface area contributed by atoms with Crippen LogP contribution in [-0.4, -0.2) is 26.8 Å². The molecule has 136 valence electrons. The average molecular weight is 342 g/mol.